The zero-order valence-corrected chi connectivity index (χ0v) is 11.6. The molecule has 0 fully saturated rings. The van der Waals surface area contributed by atoms with Crippen molar-refractivity contribution < 1.29 is 4.74 Å². The summed E-state index contributed by atoms with van der Waals surface area (Å²) in [6.45, 7) is 8.48. The Morgan fingerprint density at radius 2 is 2.00 bits per heavy atom. The predicted octanol–water partition coefficient (Wildman–Crippen LogP) is 2.00. The van der Waals surface area contributed by atoms with Crippen LogP contribution in [-0.4, -0.2) is 29.0 Å². The number of hydrogen-bond donors (Lipinski definition) is 1. The van der Waals surface area contributed by atoms with E-state index in [-0.39, 0.29) is 12.1 Å². The third-order valence-corrected chi connectivity index (χ3v) is 2.99. The Morgan fingerprint density at radius 3 is 2.41 bits per heavy atom. The van der Waals surface area contributed by atoms with Crippen molar-refractivity contribution in [2.24, 2.45) is 11.7 Å². The highest BCUT2D eigenvalue weighted by atomic mass is 16.5. The smallest absolute Gasteiger partial charge is 0.0748 e. The van der Waals surface area contributed by atoms with Gasteiger partial charge in [-0.2, -0.15) is 5.10 Å². The first-order valence-electron chi connectivity index (χ1n) is 6.28. The van der Waals surface area contributed by atoms with Crippen molar-refractivity contribution in [1.82, 2.24) is 9.78 Å². The minimum absolute atomic E-state index is 0.00416. The van der Waals surface area contributed by atoms with Crippen LogP contribution in [0.1, 0.15) is 39.4 Å². The Kier molecular flexibility index (Phi) is 5.15. The van der Waals surface area contributed by atoms with E-state index in [4.69, 9.17) is 10.5 Å². The molecule has 2 unspecified atom stereocenters. The molecule has 0 aliphatic carbocycles. The summed E-state index contributed by atoms with van der Waals surface area (Å²) in [5.41, 5.74) is 7.21. The van der Waals surface area contributed by atoms with Crippen LogP contribution in [0.15, 0.2) is 12.3 Å². The zero-order valence-electron chi connectivity index (χ0n) is 11.6. The lowest BCUT2D eigenvalue weighted by molar-refractivity contribution is 0.0439. The minimum atomic E-state index is -0.00416. The SMILES string of the molecule is COC(C(C)C)C(N)Cc1ccn(C(C)C)n1. The number of aromatic nitrogens is 2. The number of ether oxygens (including phenoxy) is 1. The van der Waals surface area contributed by atoms with Crippen molar-refractivity contribution in [2.75, 3.05) is 7.11 Å². The van der Waals surface area contributed by atoms with Gasteiger partial charge in [-0.15, -0.1) is 0 Å². The van der Waals surface area contributed by atoms with Gasteiger partial charge in [0.15, 0.2) is 0 Å². The third kappa shape index (κ3) is 3.82. The van der Waals surface area contributed by atoms with Crippen molar-refractivity contribution in [3.8, 4) is 0 Å². The number of rotatable bonds is 6. The number of hydrogen-bond acceptors (Lipinski definition) is 3. The van der Waals surface area contributed by atoms with E-state index in [0.29, 0.717) is 12.0 Å². The molecule has 0 saturated heterocycles. The lowest BCUT2D eigenvalue weighted by Crippen LogP contribution is -2.41. The average molecular weight is 239 g/mol. The third-order valence-electron chi connectivity index (χ3n) is 2.99. The number of methoxy groups -OCH3 is 1. The standard InChI is InChI=1S/C13H25N3O/c1-9(2)13(17-5)12(14)8-11-6-7-16(15-11)10(3)4/h6-7,9-10,12-13H,8,14H2,1-5H3. The lowest BCUT2D eigenvalue weighted by atomic mass is 9.97. The highest BCUT2D eigenvalue weighted by Crippen LogP contribution is 2.13. The number of nitrogens with zero attached hydrogens (tertiary/aromatic N) is 2. The second-order valence-corrected chi connectivity index (χ2v) is 5.19. The highest BCUT2D eigenvalue weighted by Gasteiger charge is 2.21. The Balaban J connectivity index is 2.63. The molecule has 0 aliphatic rings. The maximum absolute atomic E-state index is 6.17. The molecule has 2 N–H and O–H groups in total. The first kappa shape index (κ1) is 14.2. The molecular weight excluding hydrogens is 214 g/mol. The molecule has 98 valence electrons. The van der Waals surface area contributed by atoms with Crippen molar-refractivity contribution in [3.05, 3.63) is 18.0 Å². The van der Waals surface area contributed by atoms with E-state index in [1.165, 1.54) is 0 Å². The molecule has 1 aromatic heterocycles. The fraction of sp³-hybridized carbons (Fsp3) is 0.769. The van der Waals surface area contributed by atoms with E-state index in [9.17, 15) is 0 Å². The van der Waals surface area contributed by atoms with Crippen molar-refractivity contribution >= 4 is 0 Å². The van der Waals surface area contributed by atoms with Gasteiger partial charge < -0.3 is 10.5 Å². The van der Waals surface area contributed by atoms with Gasteiger partial charge in [-0.3, -0.25) is 4.68 Å². The van der Waals surface area contributed by atoms with Crippen molar-refractivity contribution in [1.29, 1.82) is 0 Å². The minimum Gasteiger partial charge on any atom is -0.380 e. The molecule has 0 radical (unpaired) electrons. The molecule has 1 rings (SSSR count). The van der Waals surface area contributed by atoms with E-state index in [0.717, 1.165) is 12.1 Å². The fourth-order valence-corrected chi connectivity index (χ4v) is 2.07. The largest absolute Gasteiger partial charge is 0.380 e. The second kappa shape index (κ2) is 6.17. The summed E-state index contributed by atoms with van der Waals surface area (Å²) in [5, 5.41) is 4.51. The molecule has 4 nitrogen and oxygen atoms in total. The van der Waals surface area contributed by atoms with Crippen molar-refractivity contribution in [2.45, 2.75) is 52.3 Å². The van der Waals surface area contributed by atoms with Gasteiger partial charge in [0.05, 0.1) is 11.8 Å². The lowest BCUT2D eigenvalue weighted by Gasteiger charge is -2.25. The van der Waals surface area contributed by atoms with E-state index in [2.05, 4.69) is 32.8 Å². The van der Waals surface area contributed by atoms with Crippen LogP contribution >= 0.6 is 0 Å². The molecule has 0 amide bonds. The van der Waals surface area contributed by atoms with Crippen LogP contribution in [0.5, 0.6) is 0 Å². The van der Waals surface area contributed by atoms with Gasteiger partial charge in [-0.05, 0) is 25.8 Å². The summed E-state index contributed by atoms with van der Waals surface area (Å²) < 4.78 is 7.40. The van der Waals surface area contributed by atoms with Crippen LogP contribution in [0, 0.1) is 5.92 Å². The summed E-state index contributed by atoms with van der Waals surface area (Å²) >= 11 is 0. The van der Waals surface area contributed by atoms with Gasteiger partial charge in [0.2, 0.25) is 0 Å². The summed E-state index contributed by atoms with van der Waals surface area (Å²) in [7, 11) is 1.72. The molecule has 0 spiro atoms. The molecule has 1 aromatic rings. The Labute approximate surface area is 104 Å². The molecule has 0 bridgehead atoms. The first-order chi connectivity index (χ1) is 7.95. The van der Waals surface area contributed by atoms with Crippen LogP contribution in [0.2, 0.25) is 0 Å². The van der Waals surface area contributed by atoms with E-state index < -0.39 is 0 Å². The van der Waals surface area contributed by atoms with Crippen LogP contribution in [0.3, 0.4) is 0 Å². The summed E-state index contributed by atoms with van der Waals surface area (Å²) in [4.78, 5) is 0. The Morgan fingerprint density at radius 1 is 1.35 bits per heavy atom. The topological polar surface area (TPSA) is 53.1 Å². The average Bonchev–Trinajstić information content (AvgIpc) is 2.66. The van der Waals surface area contributed by atoms with Crippen LogP contribution in [0.4, 0.5) is 0 Å². The molecule has 0 saturated carbocycles. The predicted molar refractivity (Wildman–Crippen MR) is 69.9 cm³/mol. The normalized spacial score (nSPS) is 15.5. The first-order valence-corrected chi connectivity index (χ1v) is 6.28. The maximum Gasteiger partial charge on any atom is 0.0748 e. The van der Waals surface area contributed by atoms with E-state index in [1.54, 1.807) is 7.11 Å². The van der Waals surface area contributed by atoms with Crippen LogP contribution in [-0.2, 0) is 11.2 Å². The second-order valence-electron chi connectivity index (χ2n) is 5.19. The summed E-state index contributed by atoms with van der Waals surface area (Å²) in [6.07, 6.45) is 2.85. The molecule has 4 heteroatoms. The Bertz CT molecular complexity index is 333. The quantitative estimate of drug-likeness (QED) is 0.826. The summed E-state index contributed by atoms with van der Waals surface area (Å²) in [6, 6.07) is 2.42. The van der Waals surface area contributed by atoms with Crippen molar-refractivity contribution in [3.63, 3.8) is 0 Å². The Hall–Kier alpha value is -0.870. The van der Waals surface area contributed by atoms with Crippen LogP contribution in [0.25, 0.3) is 0 Å². The molecule has 0 aromatic carbocycles. The van der Waals surface area contributed by atoms with Gasteiger partial charge in [0, 0.05) is 31.8 Å². The van der Waals surface area contributed by atoms with Gasteiger partial charge in [-0.25, -0.2) is 0 Å². The fourth-order valence-electron chi connectivity index (χ4n) is 2.07. The van der Waals surface area contributed by atoms with Gasteiger partial charge in [0.25, 0.3) is 0 Å². The molecule has 17 heavy (non-hydrogen) atoms. The van der Waals surface area contributed by atoms with Gasteiger partial charge in [0.1, 0.15) is 0 Å². The van der Waals surface area contributed by atoms with E-state index >= 15 is 0 Å². The molecule has 2 atom stereocenters. The number of nitrogens with two attached hydrogens (primary N) is 1. The highest BCUT2D eigenvalue weighted by molar-refractivity contribution is 5.03. The van der Waals surface area contributed by atoms with Crippen LogP contribution < -0.4 is 5.73 Å². The van der Waals surface area contributed by atoms with Gasteiger partial charge >= 0.3 is 0 Å². The maximum atomic E-state index is 6.17. The monoisotopic (exact) mass is 239 g/mol. The van der Waals surface area contributed by atoms with Gasteiger partial charge in [-0.1, -0.05) is 13.8 Å². The summed E-state index contributed by atoms with van der Waals surface area (Å²) in [5.74, 6) is 0.419. The zero-order chi connectivity index (χ0) is 13.0. The molecular formula is C13H25N3O. The molecule has 0 aliphatic heterocycles. The molecule has 1 heterocycles. The van der Waals surface area contributed by atoms with E-state index in [1.807, 2.05) is 16.9 Å².